The van der Waals surface area contributed by atoms with Gasteiger partial charge in [-0.15, -0.1) is 24.8 Å². The lowest BCUT2D eigenvalue weighted by Gasteiger charge is -2.40. The number of carbonyl (C=O) groups excluding carboxylic acids is 2. The molecule has 0 aromatic heterocycles. The van der Waals surface area contributed by atoms with Crippen molar-refractivity contribution in [2.45, 2.75) is 39.4 Å². The average Bonchev–Trinajstić information content (AvgIpc) is 2.59. The summed E-state index contributed by atoms with van der Waals surface area (Å²) >= 11 is 0. The number of nitrogens with zero attached hydrogens (tertiary/aromatic N) is 2. The summed E-state index contributed by atoms with van der Waals surface area (Å²) in [5.74, 6) is -0.259. The van der Waals surface area contributed by atoms with Crippen LogP contribution < -0.4 is 11.1 Å². The number of rotatable bonds is 6. The van der Waals surface area contributed by atoms with Gasteiger partial charge < -0.3 is 16.0 Å². The van der Waals surface area contributed by atoms with Crippen LogP contribution in [-0.4, -0.2) is 59.9 Å². The topological polar surface area (TPSA) is 78.7 Å². The number of hydrogen-bond donors (Lipinski definition) is 2. The summed E-state index contributed by atoms with van der Waals surface area (Å²) in [5.41, 5.74) is 7.08. The van der Waals surface area contributed by atoms with Gasteiger partial charge in [0, 0.05) is 32.2 Å². The van der Waals surface area contributed by atoms with Gasteiger partial charge in [0.05, 0.1) is 12.6 Å². The Morgan fingerprint density at radius 1 is 1.19 bits per heavy atom. The second-order valence-corrected chi connectivity index (χ2v) is 7.14. The highest BCUT2D eigenvalue weighted by Crippen LogP contribution is 2.13. The summed E-state index contributed by atoms with van der Waals surface area (Å²) in [6.07, 6.45) is 0. The molecule has 1 saturated heterocycles. The molecule has 3 N–H and O–H groups in total. The third kappa shape index (κ3) is 7.66. The molecule has 0 saturated carbocycles. The Morgan fingerprint density at radius 2 is 1.81 bits per heavy atom. The van der Waals surface area contributed by atoms with Crippen LogP contribution in [0.4, 0.5) is 0 Å². The Kier molecular flexibility index (Phi) is 11.6. The smallest absolute Gasteiger partial charge is 0.242 e. The van der Waals surface area contributed by atoms with Gasteiger partial charge in [-0.3, -0.25) is 14.5 Å². The van der Waals surface area contributed by atoms with Crippen molar-refractivity contribution in [2.24, 2.45) is 11.7 Å². The zero-order valence-corrected chi connectivity index (χ0v) is 17.9. The molecule has 1 aliphatic heterocycles. The molecule has 1 unspecified atom stereocenters. The molecule has 0 spiro atoms. The highest BCUT2D eigenvalue weighted by molar-refractivity contribution is 5.87. The summed E-state index contributed by atoms with van der Waals surface area (Å²) in [6.45, 7) is 9.09. The van der Waals surface area contributed by atoms with E-state index in [1.165, 1.54) is 5.56 Å². The lowest BCUT2D eigenvalue weighted by molar-refractivity contribution is -0.137. The Balaban J connectivity index is 0.00000338. The summed E-state index contributed by atoms with van der Waals surface area (Å²) in [6, 6.07) is 9.90. The normalized spacial score (nSPS) is 18.3. The molecular formula is C19H32Cl2N4O2. The predicted molar refractivity (Wildman–Crippen MR) is 113 cm³/mol. The van der Waals surface area contributed by atoms with E-state index in [-0.39, 0.29) is 55.1 Å². The maximum atomic E-state index is 12.4. The van der Waals surface area contributed by atoms with Crippen LogP contribution >= 0.6 is 24.8 Å². The molecule has 1 heterocycles. The summed E-state index contributed by atoms with van der Waals surface area (Å²) in [7, 11) is 0. The van der Waals surface area contributed by atoms with Gasteiger partial charge in [-0.25, -0.2) is 0 Å². The molecule has 0 bridgehead atoms. The van der Waals surface area contributed by atoms with Gasteiger partial charge >= 0.3 is 0 Å². The van der Waals surface area contributed by atoms with Crippen molar-refractivity contribution in [3.63, 3.8) is 0 Å². The van der Waals surface area contributed by atoms with E-state index in [0.717, 1.165) is 19.6 Å². The lowest BCUT2D eigenvalue weighted by atomic mass is 10.1. The maximum Gasteiger partial charge on any atom is 0.242 e. The molecule has 0 aliphatic carbocycles. The second-order valence-electron chi connectivity index (χ2n) is 7.14. The molecule has 154 valence electrons. The Labute approximate surface area is 174 Å². The van der Waals surface area contributed by atoms with E-state index in [9.17, 15) is 9.59 Å². The molecule has 8 heteroatoms. The van der Waals surface area contributed by atoms with Crippen LogP contribution in [-0.2, 0) is 16.1 Å². The summed E-state index contributed by atoms with van der Waals surface area (Å²) in [5, 5.41) is 2.66. The minimum absolute atomic E-state index is 0. The molecule has 1 aromatic rings. The van der Waals surface area contributed by atoms with Crippen LogP contribution in [0, 0.1) is 5.92 Å². The van der Waals surface area contributed by atoms with Crippen molar-refractivity contribution in [3.05, 3.63) is 35.9 Å². The molecule has 1 aliphatic rings. The molecule has 2 rings (SSSR count). The van der Waals surface area contributed by atoms with Gasteiger partial charge in [-0.1, -0.05) is 44.2 Å². The van der Waals surface area contributed by atoms with Crippen molar-refractivity contribution in [1.29, 1.82) is 0 Å². The predicted octanol–water partition coefficient (Wildman–Crippen LogP) is 1.66. The van der Waals surface area contributed by atoms with Crippen LogP contribution in [0.3, 0.4) is 0 Å². The molecule has 27 heavy (non-hydrogen) atoms. The number of nitrogens with one attached hydrogen (secondary N) is 1. The minimum atomic E-state index is -0.576. The van der Waals surface area contributed by atoms with Crippen molar-refractivity contribution in [2.75, 3.05) is 26.2 Å². The van der Waals surface area contributed by atoms with Crippen molar-refractivity contribution in [1.82, 2.24) is 15.1 Å². The monoisotopic (exact) mass is 418 g/mol. The van der Waals surface area contributed by atoms with Gasteiger partial charge in [0.1, 0.15) is 0 Å². The van der Waals surface area contributed by atoms with Crippen molar-refractivity contribution < 1.29 is 9.59 Å². The number of hydrogen-bond acceptors (Lipinski definition) is 4. The van der Waals surface area contributed by atoms with E-state index in [4.69, 9.17) is 5.73 Å². The third-order valence-corrected chi connectivity index (χ3v) is 4.72. The largest absolute Gasteiger partial charge is 0.346 e. The summed E-state index contributed by atoms with van der Waals surface area (Å²) in [4.78, 5) is 28.5. The van der Waals surface area contributed by atoms with Crippen molar-refractivity contribution in [3.8, 4) is 0 Å². The van der Waals surface area contributed by atoms with Gasteiger partial charge in [0.15, 0.2) is 0 Å². The number of halogens is 2. The van der Waals surface area contributed by atoms with Gasteiger partial charge in [-0.2, -0.15) is 0 Å². The Hall–Kier alpha value is -1.34. The van der Waals surface area contributed by atoms with Crippen molar-refractivity contribution >= 4 is 36.6 Å². The first-order chi connectivity index (χ1) is 11.9. The van der Waals surface area contributed by atoms with Gasteiger partial charge in [0.25, 0.3) is 0 Å². The molecular weight excluding hydrogens is 387 g/mol. The quantitative estimate of drug-likeness (QED) is 0.735. The fourth-order valence-corrected chi connectivity index (χ4v) is 3.07. The Morgan fingerprint density at radius 3 is 2.37 bits per heavy atom. The zero-order chi connectivity index (χ0) is 18.4. The molecule has 0 radical (unpaired) electrons. The fourth-order valence-electron chi connectivity index (χ4n) is 3.07. The highest BCUT2D eigenvalue weighted by Gasteiger charge is 2.28. The number of piperazine rings is 1. The molecule has 2 amide bonds. The van der Waals surface area contributed by atoms with Crippen LogP contribution in [0.25, 0.3) is 0 Å². The second kappa shape index (κ2) is 12.2. The van der Waals surface area contributed by atoms with Crippen LogP contribution in [0.2, 0.25) is 0 Å². The minimum Gasteiger partial charge on any atom is -0.346 e. The number of nitrogens with two attached hydrogens (primary N) is 1. The van der Waals surface area contributed by atoms with E-state index >= 15 is 0 Å². The number of benzene rings is 1. The standard InChI is InChI=1S/C19H30N4O2.2ClH/c1-14(2)18(20)19(25)21-11-17(24)23-10-9-22(12-15(23)3)13-16-7-5-4-6-8-16;;/h4-8,14-15,18H,9-13,20H2,1-3H3,(H,21,25);2*1H/t15?,18-;;/m0../s1. The van der Waals surface area contributed by atoms with E-state index in [1.807, 2.05) is 36.9 Å². The zero-order valence-electron chi connectivity index (χ0n) is 16.3. The van der Waals surface area contributed by atoms with Crippen LogP contribution in [0.1, 0.15) is 26.3 Å². The van der Waals surface area contributed by atoms with Crippen LogP contribution in [0.5, 0.6) is 0 Å². The van der Waals surface area contributed by atoms with Crippen LogP contribution in [0.15, 0.2) is 30.3 Å². The SMILES string of the molecule is CC(C)[C@H](N)C(=O)NCC(=O)N1CCN(Cc2ccccc2)CC1C.Cl.Cl. The number of amides is 2. The first-order valence-corrected chi connectivity index (χ1v) is 8.97. The molecule has 1 fully saturated rings. The Bertz CT molecular complexity index is 586. The van der Waals surface area contributed by atoms with E-state index < -0.39 is 6.04 Å². The first-order valence-electron chi connectivity index (χ1n) is 8.97. The number of carbonyl (C=O) groups is 2. The maximum absolute atomic E-state index is 12.4. The van der Waals surface area contributed by atoms with E-state index in [0.29, 0.717) is 6.54 Å². The molecule has 1 aromatic carbocycles. The molecule has 6 nitrogen and oxygen atoms in total. The van der Waals surface area contributed by atoms with E-state index in [2.05, 4.69) is 29.3 Å². The summed E-state index contributed by atoms with van der Waals surface area (Å²) < 4.78 is 0. The molecule has 2 atom stereocenters. The highest BCUT2D eigenvalue weighted by atomic mass is 35.5. The third-order valence-electron chi connectivity index (χ3n) is 4.72. The average molecular weight is 419 g/mol. The fraction of sp³-hybridized carbons (Fsp3) is 0.579. The van der Waals surface area contributed by atoms with Gasteiger partial charge in [-0.05, 0) is 18.4 Å². The lowest BCUT2D eigenvalue weighted by Crippen LogP contribution is -2.56. The first kappa shape index (κ1) is 25.7. The van der Waals surface area contributed by atoms with Gasteiger partial charge in [0.2, 0.25) is 11.8 Å². The van der Waals surface area contributed by atoms with E-state index in [1.54, 1.807) is 0 Å².